The number of H-pyrrole nitrogens is 1. The number of aromatic nitrogens is 6. The molecule has 0 radical (unpaired) electrons. The normalized spacial score (nSPS) is 19.8. The molecule has 1 fully saturated rings. The van der Waals surface area contributed by atoms with Crippen LogP contribution < -0.4 is 0 Å². The minimum Gasteiger partial charge on any atom is -0.348 e. The van der Waals surface area contributed by atoms with Crippen LogP contribution in [0.15, 0.2) is 24.7 Å². The van der Waals surface area contributed by atoms with Gasteiger partial charge in [-0.2, -0.15) is 4.52 Å². The van der Waals surface area contributed by atoms with Crippen LogP contribution >= 0.6 is 0 Å². The maximum Gasteiger partial charge on any atom is 0.255 e. The topological polar surface area (TPSA) is 95.3 Å². The number of fused-ring (bicyclic) bond motifs is 3. The minimum atomic E-state index is -0.0653. The number of carbonyl (C=O) groups excluding carboxylic acids is 1. The van der Waals surface area contributed by atoms with E-state index >= 15 is 0 Å². The van der Waals surface area contributed by atoms with Gasteiger partial charge in [-0.25, -0.2) is 4.98 Å². The monoisotopic (exact) mass is 352 g/mol. The van der Waals surface area contributed by atoms with Gasteiger partial charge >= 0.3 is 0 Å². The number of hydrogen-bond donors (Lipinski definition) is 1. The molecule has 0 bridgehead atoms. The number of rotatable bonds is 1. The number of likely N-dealkylation sites (N-methyl/N-ethyl adjacent to an activating group) is 1. The van der Waals surface area contributed by atoms with Crippen molar-refractivity contribution in [1.29, 1.82) is 0 Å². The van der Waals surface area contributed by atoms with Gasteiger partial charge in [-0.1, -0.05) is 0 Å². The quantitative estimate of drug-likeness (QED) is 0.684. The van der Waals surface area contributed by atoms with Crippen molar-refractivity contribution < 1.29 is 4.79 Å². The Bertz CT molecular complexity index is 968. The lowest BCUT2D eigenvalue weighted by Gasteiger charge is -2.49. The summed E-state index contributed by atoms with van der Waals surface area (Å²) in [5.74, 6) is 0.0259. The molecule has 5 heterocycles. The highest BCUT2D eigenvalue weighted by atomic mass is 16.2. The van der Waals surface area contributed by atoms with E-state index in [2.05, 4.69) is 37.4 Å². The lowest BCUT2D eigenvalue weighted by Crippen LogP contribution is -2.55. The third-order valence-corrected chi connectivity index (χ3v) is 5.90. The summed E-state index contributed by atoms with van der Waals surface area (Å²) < 4.78 is 1.53. The van der Waals surface area contributed by atoms with Crippen molar-refractivity contribution >= 4 is 11.6 Å². The number of tetrazole rings is 1. The molecule has 2 aliphatic rings. The van der Waals surface area contributed by atoms with Crippen LogP contribution in [0.1, 0.15) is 34.6 Å². The van der Waals surface area contributed by atoms with E-state index in [0.29, 0.717) is 24.3 Å². The number of nitrogens with one attached hydrogen (secondary N) is 1. The van der Waals surface area contributed by atoms with Crippen molar-refractivity contribution in [2.24, 2.45) is 0 Å². The fourth-order valence-electron chi connectivity index (χ4n) is 4.34. The molecule has 0 aromatic carbocycles. The third kappa shape index (κ3) is 2.16. The zero-order valence-electron chi connectivity index (χ0n) is 14.6. The molecular weight excluding hydrogens is 332 g/mol. The van der Waals surface area contributed by atoms with Gasteiger partial charge in [0.1, 0.15) is 0 Å². The molecule has 0 unspecified atom stereocenters. The van der Waals surface area contributed by atoms with Crippen LogP contribution in [0.2, 0.25) is 0 Å². The van der Waals surface area contributed by atoms with E-state index in [1.807, 2.05) is 4.90 Å². The Labute approximate surface area is 150 Å². The lowest BCUT2D eigenvalue weighted by atomic mass is 9.79. The average Bonchev–Trinajstić information content (AvgIpc) is 3.34. The Hall–Kier alpha value is -2.81. The second-order valence-electron chi connectivity index (χ2n) is 7.12. The maximum atomic E-state index is 12.9. The van der Waals surface area contributed by atoms with E-state index in [9.17, 15) is 4.79 Å². The van der Waals surface area contributed by atoms with Gasteiger partial charge in [0.15, 0.2) is 5.65 Å². The molecule has 134 valence electrons. The highest BCUT2D eigenvalue weighted by molar-refractivity contribution is 5.94. The molecule has 1 N–H and O–H groups in total. The first kappa shape index (κ1) is 15.4. The number of piperidine rings is 1. The van der Waals surface area contributed by atoms with E-state index in [1.165, 1.54) is 10.2 Å². The molecule has 9 heteroatoms. The molecule has 0 aliphatic carbocycles. The molecule has 3 aromatic heterocycles. The Morgan fingerprint density at radius 2 is 2.08 bits per heavy atom. The number of carbonyl (C=O) groups is 1. The van der Waals surface area contributed by atoms with Gasteiger partial charge in [0.05, 0.1) is 23.1 Å². The summed E-state index contributed by atoms with van der Waals surface area (Å²) in [6.45, 7) is 2.44. The first-order valence-electron chi connectivity index (χ1n) is 8.88. The van der Waals surface area contributed by atoms with Crippen molar-refractivity contribution in [3.05, 3.63) is 41.6 Å². The van der Waals surface area contributed by atoms with Crippen LogP contribution in [0.3, 0.4) is 0 Å². The van der Waals surface area contributed by atoms with Crippen LogP contribution in [0.4, 0.5) is 0 Å². The zero-order valence-corrected chi connectivity index (χ0v) is 14.6. The van der Waals surface area contributed by atoms with Crippen LogP contribution in [-0.2, 0) is 12.0 Å². The van der Waals surface area contributed by atoms with Gasteiger partial charge < -0.3 is 9.88 Å². The van der Waals surface area contributed by atoms with Gasteiger partial charge in [0.2, 0.25) is 0 Å². The second kappa shape index (κ2) is 5.60. The number of nitrogens with zero attached hydrogens (tertiary/aromatic N) is 7. The average molecular weight is 352 g/mol. The summed E-state index contributed by atoms with van der Waals surface area (Å²) in [4.78, 5) is 25.2. The largest absolute Gasteiger partial charge is 0.348 e. The molecular formula is C17H20N8O. The summed E-state index contributed by atoms with van der Waals surface area (Å²) in [6.07, 6.45) is 6.27. The molecule has 1 amide bonds. The molecule has 3 aromatic rings. The van der Waals surface area contributed by atoms with Gasteiger partial charge in [-0.3, -0.25) is 9.69 Å². The number of aromatic amines is 1. The number of imidazole rings is 1. The number of pyridine rings is 1. The first-order chi connectivity index (χ1) is 12.7. The molecule has 1 saturated heterocycles. The van der Waals surface area contributed by atoms with E-state index < -0.39 is 0 Å². The molecule has 2 aliphatic heterocycles. The molecule has 1 spiro atoms. The van der Waals surface area contributed by atoms with Crippen LogP contribution in [-0.4, -0.2) is 72.4 Å². The third-order valence-electron chi connectivity index (χ3n) is 5.90. The van der Waals surface area contributed by atoms with Crippen molar-refractivity contribution in [2.75, 3.05) is 26.7 Å². The smallest absolute Gasteiger partial charge is 0.255 e. The Balaban J connectivity index is 1.38. The molecule has 9 nitrogen and oxygen atoms in total. The zero-order chi connectivity index (χ0) is 17.7. The molecule has 0 saturated carbocycles. The minimum absolute atomic E-state index is 0.0259. The van der Waals surface area contributed by atoms with Crippen LogP contribution in [0.25, 0.3) is 5.65 Å². The van der Waals surface area contributed by atoms with Crippen LogP contribution in [0.5, 0.6) is 0 Å². The maximum absolute atomic E-state index is 12.9. The molecule has 26 heavy (non-hydrogen) atoms. The highest BCUT2D eigenvalue weighted by Crippen LogP contribution is 2.41. The standard InChI is InChI=1S/C17H20N8O/c1-23-7-4-13-15(19-11-18-13)17(23)5-8-24(9-6-17)16(26)12-2-3-14-20-21-22-25(14)10-12/h2-3,10-11H,4-9H2,1H3,(H,18,19). The van der Waals surface area contributed by atoms with Crippen LogP contribution in [0, 0.1) is 0 Å². The lowest BCUT2D eigenvalue weighted by molar-refractivity contribution is 0.0225. The second-order valence-corrected chi connectivity index (χ2v) is 7.12. The van der Waals surface area contributed by atoms with Gasteiger partial charge in [0, 0.05) is 37.9 Å². The first-order valence-corrected chi connectivity index (χ1v) is 8.88. The van der Waals surface area contributed by atoms with Crippen molar-refractivity contribution in [3.8, 4) is 0 Å². The van der Waals surface area contributed by atoms with Gasteiger partial charge in [-0.05, 0) is 42.4 Å². The summed E-state index contributed by atoms with van der Waals surface area (Å²) in [7, 11) is 2.17. The summed E-state index contributed by atoms with van der Waals surface area (Å²) in [5, 5.41) is 11.4. The Morgan fingerprint density at radius 3 is 2.92 bits per heavy atom. The number of hydrogen-bond acceptors (Lipinski definition) is 6. The van der Waals surface area contributed by atoms with E-state index in [1.54, 1.807) is 24.7 Å². The van der Waals surface area contributed by atoms with Crippen molar-refractivity contribution in [1.82, 2.24) is 39.8 Å². The van der Waals surface area contributed by atoms with Gasteiger partial charge in [0.25, 0.3) is 5.91 Å². The van der Waals surface area contributed by atoms with Crippen molar-refractivity contribution in [3.63, 3.8) is 0 Å². The molecule has 5 rings (SSSR count). The van der Waals surface area contributed by atoms with E-state index in [0.717, 1.165) is 31.5 Å². The SMILES string of the molecule is CN1CCc2[nH]cnc2C12CCN(C(=O)c1ccc3nnnn3c1)CC2. The Morgan fingerprint density at radius 1 is 1.23 bits per heavy atom. The molecule has 0 atom stereocenters. The number of likely N-dealkylation sites (tertiary alicyclic amines) is 1. The predicted octanol–water partition coefficient (Wildman–Crippen LogP) is 0.467. The van der Waals surface area contributed by atoms with E-state index in [-0.39, 0.29) is 11.4 Å². The number of amides is 1. The van der Waals surface area contributed by atoms with Crippen molar-refractivity contribution in [2.45, 2.75) is 24.8 Å². The fraction of sp³-hybridized carbons (Fsp3) is 0.471. The summed E-state index contributed by atoms with van der Waals surface area (Å²) in [5.41, 5.74) is 3.58. The Kier molecular flexibility index (Phi) is 3.33. The summed E-state index contributed by atoms with van der Waals surface area (Å²) in [6, 6.07) is 3.56. The summed E-state index contributed by atoms with van der Waals surface area (Å²) >= 11 is 0. The highest BCUT2D eigenvalue weighted by Gasteiger charge is 2.45. The van der Waals surface area contributed by atoms with Gasteiger partial charge in [-0.15, -0.1) is 5.10 Å². The predicted molar refractivity (Wildman–Crippen MR) is 92.5 cm³/mol. The fourth-order valence-corrected chi connectivity index (χ4v) is 4.34. The van der Waals surface area contributed by atoms with E-state index in [4.69, 9.17) is 0 Å².